The summed E-state index contributed by atoms with van der Waals surface area (Å²) in [5.41, 5.74) is 2.00. The maximum Gasteiger partial charge on any atom is 0.302 e. The van der Waals surface area contributed by atoms with Crippen LogP contribution >= 0.6 is 11.6 Å². The summed E-state index contributed by atoms with van der Waals surface area (Å²) in [4.78, 5) is 14.6. The van der Waals surface area contributed by atoms with E-state index >= 15 is 0 Å². The van der Waals surface area contributed by atoms with Crippen LogP contribution in [0.15, 0.2) is 52.7 Å². The number of ether oxygens (including phenoxy) is 1. The molecule has 0 aliphatic heterocycles. The Morgan fingerprint density at radius 1 is 1.24 bits per heavy atom. The van der Waals surface area contributed by atoms with Crippen LogP contribution in [0.2, 0.25) is 5.02 Å². The van der Waals surface area contributed by atoms with E-state index < -0.39 is 5.91 Å². The quantitative estimate of drug-likeness (QED) is 0.644. The van der Waals surface area contributed by atoms with E-state index in [1.807, 2.05) is 12.1 Å². The number of H-pyrrole nitrogens is 1. The number of aromatic hydroxyl groups is 1. The summed E-state index contributed by atoms with van der Waals surface area (Å²) in [5.74, 6) is -0.150. The van der Waals surface area contributed by atoms with Crippen molar-refractivity contribution in [2.24, 2.45) is 10.2 Å². The van der Waals surface area contributed by atoms with Gasteiger partial charge in [-0.15, -0.1) is 10.2 Å². The summed E-state index contributed by atoms with van der Waals surface area (Å²) >= 11 is 5.95. The van der Waals surface area contributed by atoms with Gasteiger partial charge in [-0.1, -0.05) is 30.7 Å². The molecule has 6 nitrogen and oxygen atoms in total. The highest BCUT2D eigenvalue weighted by atomic mass is 35.5. The number of halogens is 1. The summed E-state index contributed by atoms with van der Waals surface area (Å²) in [6, 6.07) is 12.5. The van der Waals surface area contributed by atoms with Crippen LogP contribution in [0.1, 0.15) is 12.5 Å². The molecule has 0 atom stereocenters. The van der Waals surface area contributed by atoms with Crippen LogP contribution in [0.5, 0.6) is 11.6 Å². The Morgan fingerprint density at radius 3 is 2.72 bits per heavy atom. The SMILES string of the molecule is CCc1ccc(OCC(=O)N=Nc2c(O)[nH]c3ccc(Cl)cc23)cc1. The van der Waals surface area contributed by atoms with Gasteiger partial charge in [-0.3, -0.25) is 4.79 Å². The molecule has 128 valence electrons. The van der Waals surface area contributed by atoms with Gasteiger partial charge in [0.2, 0.25) is 5.88 Å². The molecule has 0 radical (unpaired) electrons. The largest absolute Gasteiger partial charge is 0.493 e. The molecule has 2 aromatic carbocycles. The zero-order chi connectivity index (χ0) is 17.8. The molecule has 1 aromatic heterocycles. The lowest BCUT2D eigenvalue weighted by molar-refractivity contribution is -0.120. The molecule has 1 heterocycles. The van der Waals surface area contributed by atoms with Crippen molar-refractivity contribution in [1.29, 1.82) is 0 Å². The first-order chi connectivity index (χ1) is 12.1. The summed E-state index contributed by atoms with van der Waals surface area (Å²) in [5, 5.41) is 18.4. The summed E-state index contributed by atoms with van der Waals surface area (Å²) in [6.07, 6.45) is 0.936. The Morgan fingerprint density at radius 2 is 2.00 bits per heavy atom. The van der Waals surface area contributed by atoms with Gasteiger partial charge in [-0.25, -0.2) is 0 Å². The molecule has 0 aliphatic carbocycles. The van der Waals surface area contributed by atoms with Crippen LogP contribution in [-0.4, -0.2) is 22.6 Å². The second-order valence-corrected chi connectivity index (χ2v) is 5.83. The molecule has 7 heteroatoms. The van der Waals surface area contributed by atoms with E-state index in [4.69, 9.17) is 16.3 Å². The normalized spacial score (nSPS) is 11.3. The van der Waals surface area contributed by atoms with E-state index in [1.54, 1.807) is 30.3 Å². The van der Waals surface area contributed by atoms with Gasteiger partial charge in [0.25, 0.3) is 0 Å². The minimum absolute atomic E-state index is 0.165. The van der Waals surface area contributed by atoms with Crippen LogP contribution in [0.4, 0.5) is 5.69 Å². The fourth-order valence-corrected chi connectivity index (χ4v) is 2.51. The second kappa shape index (κ2) is 7.36. The van der Waals surface area contributed by atoms with Crippen LogP contribution in [0.25, 0.3) is 10.9 Å². The molecule has 0 aliphatic rings. The number of aromatic nitrogens is 1. The van der Waals surface area contributed by atoms with Gasteiger partial charge in [-0.2, -0.15) is 0 Å². The zero-order valence-electron chi connectivity index (χ0n) is 13.5. The Balaban J connectivity index is 1.68. The average molecular weight is 358 g/mol. The monoisotopic (exact) mass is 357 g/mol. The maximum absolute atomic E-state index is 11.8. The van der Waals surface area contributed by atoms with E-state index in [1.165, 1.54) is 5.56 Å². The summed E-state index contributed by atoms with van der Waals surface area (Å²) < 4.78 is 5.38. The first-order valence-corrected chi connectivity index (χ1v) is 8.11. The lowest BCUT2D eigenvalue weighted by atomic mass is 10.2. The molecule has 1 amide bonds. The lowest BCUT2D eigenvalue weighted by Crippen LogP contribution is -2.07. The summed E-state index contributed by atoms with van der Waals surface area (Å²) in [6.45, 7) is 1.83. The van der Waals surface area contributed by atoms with E-state index in [0.29, 0.717) is 21.7 Å². The third-order valence-corrected chi connectivity index (χ3v) is 3.90. The van der Waals surface area contributed by atoms with Crippen molar-refractivity contribution in [1.82, 2.24) is 4.98 Å². The minimum Gasteiger partial charge on any atom is -0.493 e. The zero-order valence-corrected chi connectivity index (χ0v) is 14.2. The van der Waals surface area contributed by atoms with E-state index in [0.717, 1.165) is 6.42 Å². The summed E-state index contributed by atoms with van der Waals surface area (Å²) in [7, 11) is 0. The molecule has 0 spiro atoms. The number of benzene rings is 2. The second-order valence-electron chi connectivity index (χ2n) is 5.39. The number of hydrogen-bond acceptors (Lipinski definition) is 4. The number of aryl methyl sites for hydroxylation is 1. The molecule has 0 saturated heterocycles. The number of hydrogen-bond donors (Lipinski definition) is 2. The van der Waals surface area contributed by atoms with Gasteiger partial charge in [0.1, 0.15) is 5.75 Å². The third-order valence-electron chi connectivity index (χ3n) is 3.67. The number of rotatable bonds is 5. The maximum atomic E-state index is 11.8. The van der Waals surface area contributed by atoms with Gasteiger partial charge < -0.3 is 14.8 Å². The predicted octanol–water partition coefficient (Wildman–Crippen LogP) is 4.78. The number of nitrogens with zero attached hydrogens (tertiary/aromatic N) is 2. The Hall–Kier alpha value is -2.86. The Labute approximate surface area is 149 Å². The Bertz CT molecular complexity index is 933. The number of amides is 1. The lowest BCUT2D eigenvalue weighted by Gasteiger charge is -2.03. The molecule has 3 aromatic rings. The number of nitrogens with one attached hydrogen (secondary N) is 1. The van der Waals surface area contributed by atoms with Crippen LogP contribution in [0.3, 0.4) is 0 Å². The minimum atomic E-state index is -0.560. The molecule has 25 heavy (non-hydrogen) atoms. The molecule has 3 rings (SSSR count). The molecular weight excluding hydrogens is 342 g/mol. The van der Waals surface area contributed by atoms with Gasteiger partial charge in [0.15, 0.2) is 12.3 Å². The molecular formula is C18H16ClN3O3. The molecule has 0 bridgehead atoms. The first-order valence-electron chi connectivity index (χ1n) is 7.73. The highest BCUT2D eigenvalue weighted by molar-refractivity contribution is 6.31. The van der Waals surface area contributed by atoms with E-state index in [9.17, 15) is 9.90 Å². The van der Waals surface area contributed by atoms with Crippen molar-refractivity contribution in [2.75, 3.05) is 6.61 Å². The predicted molar refractivity (Wildman–Crippen MR) is 95.8 cm³/mol. The molecule has 0 saturated carbocycles. The van der Waals surface area contributed by atoms with Gasteiger partial charge in [0.05, 0.1) is 5.52 Å². The number of aromatic amines is 1. The smallest absolute Gasteiger partial charge is 0.302 e. The van der Waals surface area contributed by atoms with Crippen molar-refractivity contribution in [2.45, 2.75) is 13.3 Å². The molecule has 0 unspecified atom stereocenters. The third kappa shape index (κ3) is 3.97. The fraction of sp³-hybridized carbons (Fsp3) is 0.167. The van der Waals surface area contributed by atoms with Crippen molar-refractivity contribution in [3.63, 3.8) is 0 Å². The van der Waals surface area contributed by atoms with Gasteiger partial charge in [-0.05, 0) is 42.3 Å². The first kappa shape index (κ1) is 17.0. The molecule has 0 fully saturated rings. The van der Waals surface area contributed by atoms with Crippen molar-refractivity contribution < 1.29 is 14.6 Å². The standard InChI is InChI=1S/C18H16ClN3O3/c1-2-11-3-6-13(7-4-11)25-10-16(23)21-22-17-14-9-12(19)5-8-15(14)20-18(17)24/h3-9,20,24H,2,10H2,1H3. The average Bonchev–Trinajstić information content (AvgIpc) is 2.93. The van der Waals surface area contributed by atoms with E-state index in [2.05, 4.69) is 22.1 Å². The highest BCUT2D eigenvalue weighted by Crippen LogP contribution is 2.36. The highest BCUT2D eigenvalue weighted by Gasteiger charge is 2.11. The van der Waals surface area contributed by atoms with Crippen molar-refractivity contribution in [3.8, 4) is 11.6 Å². The van der Waals surface area contributed by atoms with Crippen molar-refractivity contribution in [3.05, 3.63) is 53.1 Å². The Kier molecular flexibility index (Phi) is 5.00. The van der Waals surface area contributed by atoms with Gasteiger partial charge in [0, 0.05) is 10.4 Å². The molecule has 2 N–H and O–H groups in total. The van der Waals surface area contributed by atoms with Crippen molar-refractivity contribution >= 4 is 34.1 Å². The fourth-order valence-electron chi connectivity index (χ4n) is 2.34. The van der Waals surface area contributed by atoms with E-state index in [-0.39, 0.29) is 18.2 Å². The van der Waals surface area contributed by atoms with Crippen LogP contribution in [-0.2, 0) is 11.2 Å². The number of carbonyl (C=O) groups is 1. The topological polar surface area (TPSA) is 87.0 Å². The van der Waals surface area contributed by atoms with Crippen LogP contribution in [0, 0.1) is 0 Å². The number of fused-ring (bicyclic) bond motifs is 1. The number of carbonyl (C=O) groups excluding carboxylic acids is 1. The number of azo groups is 1. The van der Waals surface area contributed by atoms with Crippen LogP contribution < -0.4 is 4.74 Å². The van der Waals surface area contributed by atoms with Gasteiger partial charge >= 0.3 is 5.91 Å².